The molecule has 2 aromatic carbocycles. The molecule has 3 aromatic rings. The number of anilines is 1. The van der Waals surface area contributed by atoms with E-state index < -0.39 is 24.0 Å². The van der Waals surface area contributed by atoms with E-state index in [0.29, 0.717) is 36.2 Å². The van der Waals surface area contributed by atoms with Gasteiger partial charge in [0.25, 0.3) is 0 Å². The van der Waals surface area contributed by atoms with Gasteiger partial charge in [0, 0.05) is 44.0 Å². The van der Waals surface area contributed by atoms with Crippen LogP contribution in [-0.2, 0) is 34.2 Å². The Balaban J connectivity index is 0.00000380. The number of aromatic nitrogens is 2. The van der Waals surface area contributed by atoms with Crippen LogP contribution in [0.5, 0.6) is 0 Å². The molecule has 39 heavy (non-hydrogen) atoms. The van der Waals surface area contributed by atoms with Crippen LogP contribution < -0.4 is 16.0 Å². The Morgan fingerprint density at radius 2 is 1.74 bits per heavy atom. The highest BCUT2D eigenvalue weighted by atomic mass is 35.5. The van der Waals surface area contributed by atoms with Crippen LogP contribution in [0.1, 0.15) is 18.3 Å². The van der Waals surface area contributed by atoms with Gasteiger partial charge in [-0.05, 0) is 49.2 Å². The van der Waals surface area contributed by atoms with Gasteiger partial charge in [-0.15, -0.1) is 48.0 Å². The molecule has 13 heteroatoms. The van der Waals surface area contributed by atoms with Crippen LogP contribution in [-0.4, -0.2) is 65.0 Å². The molecule has 8 nitrogen and oxygen atoms in total. The molecule has 0 saturated heterocycles. The first-order chi connectivity index (χ1) is 17.8. The Bertz CT molecular complexity index is 1210. The van der Waals surface area contributed by atoms with Crippen LogP contribution in [0.2, 0.25) is 0 Å². The van der Waals surface area contributed by atoms with E-state index in [4.69, 9.17) is 38.7 Å². The van der Waals surface area contributed by atoms with E-state index in [2.05, 4.69) is 10.2 Å². The zero-order chi connectivity index (χ0) is 26.9. The van der Waals surface area contributed by atoms with Gasteiger partial charge in [0.15, 0.2) is 0 Å². The fourth-order valence-electron chi connectivity index (χ4n) is 4.06. The zero-order valence-corrected chi connectivity index (χ0v) is 24.9. The number of carbonyl (C=O) groups excluding carboxylic acids is 2. The van der Waals surface area contributed by atoms with Crippen molar-refractivity contribution < 1.29 is 18.7 Å². The maximum Gasteiger partial charge on any atom is 0.329 e. The van der Waals surface area contributed by atoms with E-state index in [1.165, 1.54) is 12.1 Å². The lowest BCUT2D eigenvalue weighted by Gasteiger charge is -2.22. The molecule has 0 saturated carbocycles. The summed E-state index contributed by atoms with van der Waals surface area (Å²) >= 11 is 11.9. The quantitative estimate of drug-likeness (QED) is 0.220. The van der Waals surface area contributed by atoms with Crippen molar-refractivity contribution >= 4 is 76.6 Å². The predicted molar refractivity (Wildman–Crippen MR) is 159 cm³/mol. The smallest absolute Gasteiger partial charge is 0.329 e. The monoisotopic (exact) mass is 623 g/mol. The van der Waals surface area contributed by atoms with E-state index >= 15 is 0 Å². The third kappa shape index (κ3) is 9.39. The Morgan fingerprint density at radius 3 is 2.33 bits per heavy atom. The van der Waals surface area contributed by atoms with Crippen molar-refractivity contribution in [3.63, 3.8) is 0 Å². The van der Waals surface area contributed by atoms with Gasteiger partial charge in [-0.2, -0.15) is 0 Å². The number of amides is 1. The van der Waals surface area contributed by atoms with Gasteiger partial charge in [0.1, 0.15) is 17.7 Å². The maximum absolute atomic E-state index is 13.2. The third-order valence-electron chi connectivity index (χ3n) is 6.01. The number of benzene rings is 2. The number of halogens is 5. The summed E-state index contributed by atoms with van der Waals surface area (Å²) in [7, 11) is 1.85. The average Bonchev–Trinajstić information content (AvgIpc) is 3.19. The number of fused-ring (bicyclic) bond motifs is 1. The number of carbonyl (C=O) groups is 2. The largest absolute Gasteiger partial charge is 0.464 e. The molecule has 0 bridgehead atoms. The number of rotatable bonds is 13. The van der Waals surface area contributed by atoms with Crippen LogP contribution in [0.4, 0.5) is 10.1 Å². The molecule has 3 N–H and O–H groups in total. The molecule has 1 amide bonds. The van der Waals surface area contributed by atoms with Gasteiger partial charge in [0.05, 0.1) is 23.7 Å². The first kappa shape index (κ1) is 34.7. The number of nitrogens with zero attached hydrogens (tertiary/aromatic N) is 3. The summed E-state index contributed by atoms with van der Waals surface area (Å²) < 4.78 is 20.3. The molecule has 0 aliphatic heterocycles. The van der Waals surface area contributed by atoms with Crippen LogP contribution >= 0.6 is 48.0 Å². The highest BCUT2D eigenvalue weighted by molar-refractivity contribution is 6.18. The number of hydrogen-bond acceptors (Lipinski definition) is 6. The molecule has 1 aromatic heterocycles. The molecular formula is C26H34Cl4FN5O3. The molecule has 3 rings (SSSR count). The van der Waals surface area contributed by atoms with E-state index in [9.17, 15) is 14.0 Å². The van der Waals surface area contributed by atoms with Crippen molar-refractivity contribution in [2.24, 2.45) is 12.8 Å². The summed E-state index contributed by atoms with van der Waals surface area (Å²) in [6, 6.07) is 9.73. The molecule has 0 unspecified atom stereocenters. The standard InChI is InChI=1S/C26H32Cl2FN5O3.2ClH/c1-3-37-26(36)22(32-25(35)20(30)14-17-4-6-18(29)7-5-17)16-24-31-21-15-19(8-9-23(21)33(24)2)34(12-10-27)13-11-28;;/h4-9,15,20,22H,3,10-14,16,30H2,1-2H3,(H,32,35);2*1H/t20-,22-;;/m0../s1. The maximum atomic E-state index is 13.2. The molecule has 0 aliphatic rings. The average molecular weight is 625 g/mol. The van der Waals surface area contributed by atoms with Crippen LogP contribution in [0.15, 0.2) is 42.5 Å². The summed E-state index contributed by atoms with van der Waals surface area (Å²) in [5.41, 5.74) is 9.35. The van der Waals surface area contributed by atoms with E-state index in [1.54, 1.807) is 19.1 Å². The predicted octanol–water partition coefficient (Wildman–Crippen LogP) is 4.00. The van der Waals surface area contributed by atoms with Crippen molar-refractivity contribution in [3.05, 3.63) is 59.7 Å². The van der Waals surface area contributed by atoms with Gasteiger partial charge in [-0.1, -0.05) is 12.1 Å². The summed E-state index contributed by atoms with van der Waals surface area (Å²) in [4.78, 5) is 32.4. The fourth-order valence-corrected chi connectivity index (χ4v) is 4.46. The number of esters is 1. The Hall–Kier alpha value is -2.30. The van der Waals surface area contributed by atoms with Gasteiger partial charge >= 0.3 is 5.97 Å². The topological polar surface area (TPSA) is 102 Å². The third-order valence-corrected chi connectivity index (χ3v) is 6.35. The number of nitrogens with two attached hydrogens (primary N) is 1. The van der Waals surface area contributed by atoms with Gasteiger partial charge < -0.3 is 25.3 Å². The second kappa shape index (κ2) is 16.7. The van der Waals surface area contributed by atoms with Crippen molar-refractivity contribution in [3.8, 4) is 0 Å². The molecule has 0 fully saturated rings. The van der Waals surface area contributed by atoms with E-state index in [1.807, 2.05) is 29.8 Å². The first-order valence-electron chi connectivity index (χ1n) is 12.1. The van der Waals surface area contributed by atoms with Crippen LogP contribution in [0.3, 0.4) is 0 Å². The number of hydrogen-bond donors (Lipinski definition) is 2. The molecule has 216 valence electrons. The van der Waals surface area contributed by atoms with Crippen LogP contribution in [0.25, 0.3) is 11.0 Å². The minimum Gasteiger partial charge on any atom is -0.464 e. The Kier molecular flexibility index (Phi) is 14.9. The molecule has 0 spiro atoms. The number of imidazole rings is 1. The lowest BCUT2D eigenvalue weighted by molar-refractivity contribution is -0.147. The second-order valence-corrected chi connectivity index (χ2v) is 9.34. The number of alkyl halides is 2. The summed E-state index contributed by atoms with van der Waals surface area (Å²) in [6.45, 7) is 3.15. The number of nitrogens with one attached hydrogen (secondary N) is 1. The summed E-state index contributed by atoms with van der Waals surface area (Å²) in [5, 5.41) is 2.71. The lowest BCUT2D eigenvalue weighted by Crippen LogP contribution is -2.50. The first-order valence-corrected chi connectivity index (χ1v) is 13.1. The molecule has 0 aliphatic carbocycles. The van der Waals surface area contributed by atoms with E-state index in [-0.39, 0.29) is 50.1 Å². The van der Waals surface area contributed by atoms with Crippen molar-refractivity contribution in [1.82, 2.24) is 14.9 Å². The zero-order valence-electron chi connectivity index (χ0n) is 21.7. The normalized spacial score (nSPS) is 12.2. The molecule has 2 atom stereocenters. The minimum absolute atomic E-state index is 0. The van der Waals surface area contributed by atoms with Crippen molar-refractivity contribution in [2.75, 3.05) is 36.4 Å². The lowest BCUT2D eigenvalue weighted by atomic mass is 10.1. The highest BCUT2D eigenvalue weighted by Gasteiger charge is 2.27. The summed E-state index contributed by atoms with van der Waals surface area (Å²) in [5.74, 6) is 0.0664. The van der Waals surface area contributed by atoms with E-state index in [0.717, 1.165) is 16.7 Å². The summed E-state index contributed by atoms with van der Waals surface area (Å²) in [6.07, 6.45) is 0.305. The van der Waals surface area contributed by atoms with Crippen LogP contribution in [0, 0.1) is 5.82 Å². The SMILES string of the molecule is CCOC(=O)[C@H](Cc1nc2cc(N(CCCl)CCCl)ccc2n1C)NC(=O)[C@@H](N)Cc1ccc(F)cc1.Cl.Cl. The van der Waals surface area contributed by atoms with Crippen molar-refractivity contribution in [1.29, 1.82) is 0 Å². The van der Waals surface area contributed by atoms with Gasteiger partial charge in [-0.25, -0.2) is 14.2 Å². The van der Waals surface area contributed by atoms with Gasteiger partial charge in [0.2, 0.25) is 5.91 Å². The number of aryl methyl sites for hydroxylation is 1. The number of ether oxygens (including phenoxy) is 1. The van der Waals surface area contributed by atoms with Crippen molar-refractivity contribution in [2.45, 2.75) is 31.8 Å². The fraction of sp³-hybridized carbons (Fsp3) is 0.423. The van der Waals surface area contributed by atoms with Gasteiger partial charge in [-0.3, -0.25) is 4.79 Å². The Morgan fingerprint density at radius 1 is 1.10 bits per heavy atom. The highest BCUT2D eigenvalue weighted by Crippen LogP contribution is 2.23. The molecular weight excluding hydrogens is 591 g/mol. The molecule has 0 radical (unpaired) electrons. The molecule has 1 heterocycles. The Labute approximate surface area is 250 Å². The second-order valence-electron chi connectivity index (χ2n) is 8.58. The minimum atomic E-state index is -0.981.